The Labute approximate surface area is 145 Å². The Morgan fingerprint density at radius 3 is 2.75 bits per heavy atom. The Bertz CT molecular complexity index is 838. The van der Waals surface area contributed by atoms with E-state index in [0.717, 1.165) is 22.0 Å². The first-order chi connectivity index (χ1) is 11.5. The van der Waals surface area contributed by atoms with E-state index in [1.807, 2.05) is 55.7 Å². The van der Waals surface area contributed by atoms with Crippen LogP contribution in [0.4, 0.5) is 0 Å². The molecule has 5 nitrogen and oxygen atoms in total. The molecule has 0 aliphatic heterocycles. The van der Waals surface area contributed by atoms with E-state index < -0.39 is 0 Å². The Balaban J connectivity index is 1.67. The standard InChI is InChI=1S/C18H20N4OS/c1-12(18-20-13(2)11-24-18)10-19-17(23)15-9-16(22(3)21-15)14-7-5-4-6-8-14/h4-9,11-12H,10H2,1-3H3,(H,19,23)/t12-/m0/s1. The predicted molar refractivity (Wildman–Crippen MR) is 96.2 cm³/mol. The van der Waals surface area contributed by atoms with Gasteiger partial charge >= 0.3 is 0 Å². The van der Waals surface area contributed by atoms with E-state index in [2.05, 4.69) is 22.3 Å². The number of aryl methyl sites for hydroxylation is 2. The van der Waals surface area contributed by atoms with Crippen LogP contribution in [0.15, 0.2) is 41.8 Å². The summed E-state index contributed by atoms with van der Waals surface area (Å²) in [5.74, 6) is 0.0258. The molecule has 0 unspecified atom stereocenters. The first kappa shape index (κ1) is 16.4. The van der Waals surface area contributed by atoms with Crippen molar-refractivity contribution < 1.29 is 4.79 Å². The number of thiazole rings is 1. The van der Waals surface area contributed by atoms with Crippen LogP contribution in [-0.4, -0.2) is 27.2 Å². The Kier molecular flexibility index (Phi) is 4.76. The van der Waals surface area contributed by atoms with Crippen LogP contribution in [0, 0.1) is 6.92 Å². The summed E-state index contributed by atoms with van der Waals surface area (Å²) in [6, 6.07) is 11.7. The van der Waals surface area contributed by atoms with Crippen LogP contribution in [-0.2, 0) is 7.05 Å². The van der Waals surface area contributed by atoms with Crippen LogP contribution in [0.2, 0.25) is 0 Å². The monoisotopic (exact) mass is 340 g/mol. The molecule has 0 fully saturated rings. The van der Waals surface area contributed by atoms with Crippen molar-refractivity contribution >= 4 is 17.2 Å². The number of aromatic nitrogens is 3. The minimum atomic E-state index is -0.159. The Morgan fingerprint density at radius 2 is 2.08 bits per heavy atom. The zero-order valence-corrected chi connectivity index (χ0v) is 14.8. The van der Waals surface area contributed by atoms with Crippen molar-refractivity contribution in [1.82, 2.24) is 20.1 Å². The van der Waals surface area contributed by atoms with Gasteiger partial charge in [0.15, 0.2) is 5.69 Å². The molecule has 1 N–H and O–H groups in total. The number of hydrogen-bond donors (Lipinski definition) is 1. The number of carbonyl (C=O) groups excluding carboxylic acids is 1. The summed E-state index contributed by atoms with van der Waals surface area (Å²) in [4.78, 5) is 16.8. The van der Waals surface area contributed by atoms with Crippen LogP contribution < -0.4 is 5.32 Å². The van der Waals surface area contributed by atoms with E-state index in [4.69, 9.17) is 0 Å². The van der Waals surface area contributed by atoms with Crippen molar-refractivity contribution in [3.63, 3.8) is 0 Å². The largest absolute Gasteiger partial charge is 0.350 e. The van der Waals surface area contributed by atoms with Gasteiger partial charge in [-0.2, -0.15) is 5.10 Å². The zero-order chi connectivity index (χ0) is 17.1. The number of amides is 1. The molecule has 2 aromatic heterocycles. The maximum Gasteiger partial charge on any atom is 0.271 e. The van der Waals surface area contributed by atoms with Gasteiger partial charge in [-0.3, -0.25) is 9.48 Å². The van der Waals surface area contributed by atoms with Gasteiger partial charge in [0.25, 0.3) is 5.91 Å². The highest BCUT2D eigenvalue weighted by atomic mass is 32.1. The summed E-state index contributed by atoms with van der Waals surface area (Å²) in [6.45, 7) is 4.58. The van der Waals surface area contributed by atoms with Crippen LogP contribution in [0.3, 0.4) is 0 Å². The minimum Gasteiger partial charge on any atom is -0.350 e. The Hall–Kier alpha value is -2.47. The van der Waals surface area contributed by atoms with Gasteiger partial charge in [-0.15, -0.1) is 11.3 Å². The summed E-state index contributed by atoms with van der Waals surface area (Å²) in [5.41, 5.74) is 3.41. The molecule has 0 bridgehead atoms. The lowest BCUT2D eigenvalue weighted by Gasteiger charge is -2.08. The topological polar surface area (TPSA) is 59.8 Å². The van der Waals surface area contributed by atoms with Crippen molar-refractivity contribution in [2.75, 3.05) is 6.54 Å². The van der Waals surface area contributed by atoms with Crippen LogP contribution in [0.5, 0.6) is 0 Å². The molecule has 0 saturated carbocycles. The highest BCUT2D eigenvalue weighted by molar-refractivity contribution is 7.09. The molecule has 24 heavy (non-hydrogen) atoms. The fourth-order valence-electron chi connectivity index (χ4n) is 2.48. The van der Waals surface area contributed by atoms with E-state index >= 15 is 0 Å². The van der Waals surface area contributed by atoms with E-state index in [-0.39, 0.29) is 11.8 Å². The average Bonchev–Trinajstić information content (AvgIpc) is 3.19. The van der Waals surface area contributed by atoms with E-state index in [1.54, 1.807) is 16.0 Å². The molecule has 0 aliphatic carbocycles. The fraction of sp³-hybridized carbons (Fsp3) is 0.278. The van der Waals surface area contributed by atoms with Gasteiger partial charge in [-0.05, 0) is 18.6 Å². The molecule has 0 saturated heterocycles. The van der Waals surface area contributed by atoms with Gasteiger partial charge < -0.3 is 5.32 Å². The van der Waals surface area contributed by atoms with Crippen molar-refractivity contribution in [3.05, 3.63) is 58.2 Å². The second-order valence-corrected chi connectivity index (χ2v) is 6.73. The maximum atomic E-state index is 12.4. The first-order valence-electron chi connectivity index (χ1n) is 7.84. The van der Waals surface area contributed by atoms with Gasteiger partial charge in [-0.1, -0.05) is 37.3 Å². The van der Waals surface area contributed by atoms with Gasteiger partial charge in [0, 0.05) is 30.6 Å². The van der Waals surface area contributed by atoms with E-state index in [0.29, 0.717) is 12.2 Å². The van der Waals surface area contributed by atoms with Crippen molar-refractivity contribution in [2.24, 2.45) is 7.05 Å². The third-order valence-electron chi connectivity index (χ3n) is 3.81. The number of carbonyl (C=O) groups is 1. The number of rotatable bonds is 5. The molecule has 0 spiro atoms. The second kappa shape index (κ2) is 6.97. The van der Waals surface area contributed by atoms with Crippen LogP contribution in [0.1, 0.15) is 34.0 Å². The van der Waals surface area contributed by atoms with Crippen molar-refractivity contribution in [2.45, 2.75) is 19.8 Å². The first-order valence-corrected chi connectivity index (χ1v) is 8.72. The van der Waals surface area contributed by atoms with Crippen molar-refractivity contribution in [1.29, 1.82) is 0 Å². The van der Waals surface area contributed by atoms with Gasteiger partial charge in [0.05, 0.1) is 10.7 Å². The fourth-order valence-corrected chi connectivity index (χ4v) is 3.34. The molecule has 0 radical (unpaired) electrons. The molecule has 124 valence electrons. The third-order valence-corrected chi connectivity index (χ3v) is 5.00. The minimum absolute atomic E-state index is 0.159. The average molecular weight is 340 g/mol. The summed E-state index contributed by atoms with van der Waals surface area (Å²) < 4.78 is 1.73. The maximum absolute atomic E-state index is 12.4. The molecule has 3 rings (SSSR count). The lowest BCUT2D eigenvalue weighted by Crippen LogP contribution is -2.28. The molecule has 2 heterocycles. The quantitative estimate of drug-likeness (QED) is 0.774. The van der Waals surface area contributed by atoms with Crippen molar-refractivity contribution in [3.8, 4) is 11.3 Å². The molecule has 1 atom stereocenters. The van der Waals surface area contributed by atoms with Crippen LogP contribution >= 0.6 is 11.3 Å². The molecule has 6 heteroatoms. The normalized spacial score (nSPS) is 12.1. The third kappa shape index (κ3) is 3.54. The summed E-state index contributed by atoms with van der Waals surface area (Å²) in [7, 11) is 1.85. The van der Waals surface area contributed by atoms with Gasteiger partial charge in [0.2, 0.25) is 0 Å². The van der Waals surface area contributed by atoms with E-state index in [1.165, 1.54) is 0 Å². The second-order valence-electron chi connectivity index (χ2n) is 5.84. The summed E-state index contributed by atoms with van der Waals surface area (Å²) in [5, 5.41) is 10.4. The number of benzene rings is 1. The summed E-state index contributed by atoms with van der Waals surface area (Å²) in [6.07, 6.45) is 0. The highest BCUT2D eigenvalue weighted by Gasteiger charge is 2.16. The molecule has 3 aromatic rings. The van der Waals surface area contributed by atoms with Gasteiger partial charge in [0.1, 0.15) is 0 Å². The zero-order valence-electron chi connectivity index (χ0n) is 14.0. The lowest BCUT2D eigenvalue weighted by atomic mass is 10.1. The predicted octanol–water partition coefficient (Wildman–Crippen LogP) is 3.39. The van der Waals surface area contributed by atoms with E-state index in [9.17, 15) is 4.79 Å². The lowest BCUT2D eigenvalue weighted by molar-refractivity contribution is 0.0946. The number of nitrogens with zero attached hydrogens (tertiary/aromatic N) is 3. The molecular weight excluding hydrogens is 320 g/mol. The summed E-state index contributed by atoms with van der Waals surface area (Å²) >= 11 is 1.63. The molecule has 1 aromatic carbocycles. The Morgan fingerprint density at radius 1 is 1.33 bits per heavy atom. The smallest absolute Gasteiger partial charge is 0.271 e. The molecule has 1 amide bonds. The van der Waals surface area contributed by atoms with Crippen LogP contribution in [0.25, 0.3) is 11.3 Å². The molecule has 0 aliphatic rings. The number of hydrogen-bond acceptors (Lipinski definition) is 4. The van der Waals surface area contributed by atoms with Gasteiger partial charge in [-0.25, -0.2) is 4.98 Å². The SMILES string of the molecule is Cc1csc([C@@H](C)CNC(=O)c2cc(-c3ccccc3)n(C)n2)n1. The number of nitrogens with one attached hydrogen (secondary N) is 1. The highest BCUT2D eigenvalue weighted by Crippen LogP contribution is 2.20. The molecular formula is C18H20N4OS.